The van der Waals surface area contributed by atoms with E-state index in [1.54, 1.807) is 24.3 Å². The van der Waals surface area contributed by atoms with Crippen molar-refractivity contribution < 1.29 is 4.79 Å². The lowest BCUT2D eigenvalue weighted by Crippen LogP contribution is -2.44. The topological polar surface area (TPSA) is 88.0 Å². The van der Waals surface area contributed by atoms with Crippen LogP contribution in [0.15, 0.2) is 47.3 Å². The zero-order valence-corrected chi connectivity index (χ0v) is 16.7. The third-order valence-corrected chi connectivity index (χ3v) is 4.64. The summed E-state index contributed by atoms with van der Waals surface area (Å²) in [6.07, 6.45) is 0.854. The van der Waals surface area contributed by atoms with Crippen LogP contribution in [0.3, 0.4) is 0 Å². The molecule has 8 heteroatoms. The van der Waals surface area contributed by atoms with E-state index in [0.29, 0.717) is 10.8 Å². The zero-order chi connectivity index (χ0) is 20.3. The molecule has 0 spiro atoms. The van der Waals surface area contributed by atoms with Crippen LogP contribution < -0.4 is 21.7 Å². The first-order valence-electron chi connectivity index (χ1n) is 8.84. The SMILES string of the molecule is CCc1cccc(C)c1NC(=S)NNC(=O)c1nn(C)c(=O)c2ccccc12. The van der Waals surface area contributed by atoms with Crippen molar-refractivity contribution in [3.63, 3.8) is 0 Å². The van der Waals surface area contributed by atoms with E-state index in [1.165, 1.54) is 7.05 Å². The van der Waals surface area contributed by atoms with Gasteiger partial charge in [0.25, 0.3) is 11.5 Å². The number of aromatic nitrogens is 2. The van der Waals surface area contributed by atoms with Crippen LogP contribution in [0.25, 0.3) is 10.8 Å². The molecule has 0 bridgehead atoms. The molecule has 3 aromatic rings. The molecule has 0 saturated heterocycles. The number of aryl methyl sites for hydroxylation is 3. The lowest BCUT2D eigenvalue weighted by Gasteiger charge is -2.16. The zero-order valence-electron chi connectivity index (χ0n) is 15.9. The number of thiocarbonyl (C=S) groups is 1. The minimum atomic E-state index is -0.489. The minimum absolute atomic E-state index is 0.137. The van der Waals surface area contributed by atoms with Gasteiger partial charge in [-0.1, -0.05) is 43.3 Å². The van der Waals surface area contributed by atoms with Gasteiger partial charge in [0.2, 0.25) is 0 Å². The van der Waals surface area contributed by atoms with Crippen molar-refractivity contribution in [2.45, 2.75) is 20.3 Å². The summed E-state index contributed by atoms with van der Waals surface area (Å²) in [6.45, 7) is 4.05. The van der Waals surface area contributed by atoms with Crippen LogP contribution >= 0.6 is 12.2 Å². The second kappa shape index (κ2) is 8.18. The molecule has 3 rings (SSSR count). The minimum Gasteiger partial charge on any atom is -0.331 e. The molecule has 0 aliphatic rings. The van der Waals surface area contributed by atoms with E-state index >= 15 is 0 Å². The van der Waals surface area contributed by atoms with Crippen molar-refractivity contribution in [1.82, 2.24) is 20.6 Å². The van der Waals surface area contributed by atoms with Crippen molar-refractivity contribution in [3.8, 4) is 0 Å². The number of nitrogens with zero attached hydrogens (tertiary/aromatic N) is 2. The first-order chi connectivity index (χ1) is 13.4. The van der Waals surface area contributed by atoms with Crippen molar-refractivity contribution in [1.29, 1.82) is 0 Å². The summed E-state index contributed by atoms with van der Waals surface area (Å²) >= 11 is 5.30. The number of carbonyl (C=O) groups is 1. The maximum Gasteiger partial charge on any atom is 0.290 e. The Bertz CT molecular complexity index is 1120. The average Bonchev–Trinajstić information content (AvgIpc) is 2.70. The Hall–Kier alpha value is -3.26. The van der Waals surface area contributed by atoms with Gasteiger partial charge in [0.05, 0.1) is 5.39 Å². The van der Waals surface area contributed by atoms with Crippen LogP contribution in [0, 0.1) is 6.92 Å². The number of fused-ring (bicyclic) bond motifs is 1. The Kier molecular flexibility index (Phi) is 5.70. The lowest BCUT2D eigenvalue weighted by atomic mass is 10.1. The van der Waals surface area contributed by atoms with Crippen LogP contribution in [0.4, 0.5) is 5.69 Å². The second-order valence-electron chi connectivity index (χ2n) is 6.32. The molecular formula is C20H21N5O2S. The normalized spacial score (nSPS) is 10.5. The highest BCUT2D eigenvalue weighted by Gasteiger charge is 2.16. The number of hydrogen-bond acceptors (Lipinski definition) is 4. The van der Waals surface area contributed by atoms with Crippen molar-refractivity contribution in [2.75, 3.05) is 5.32 Å². The molecule has 0 radical (unpaired) electrons. The van der Waals surface area contributed by atoms with Crippen LogP contribution in [0.2, 0.25) is 0 Å². The summed E-state index contributed by atoms with van der Waals surface area (Å²) in [6, 6.07) is 12.9. The fourth-order valence-corrected chi connectivity index (χ4v) is 3.14. The smallest absolute Gasteiger partial charge is 0.290 e. The maximum atomic E-state index is 12.6. The van der Waals surface area contributed by atoms with Gasteiger partial charge in [0.1, 0.15) is 0 Å². The number of carbonyl (C=O) groups excluding carboxylic acids is 1. The number of benzene rings is 2. The molecule has 1 heterocycles. The predicted octanol–water partition coefficient (Wildman–Crippen LogP) is 2.44. The summed E-state index contributed by atoms with van der Waals surface area (Å²) < 4.78 is 1.15. The Morgan fingerprint density at radius 2 is 1.82 bits per heavy atom. The molecule has 1 aromatic heterocycles. The highest BCUT2D eigenvalue weighted by atomic mass is 32.1. The van der Waals surface area contributed by atoms with E-state index in [9.17, 15) is 9.59 Å². The van der Waals surface area contributed by atoms with Gasteiger partial charge in [-0.2, -0.15) is 5.10 Å². The quantitative estimate of drug-likeness (QED) is 0.466. The predicted molar refractivity (Wildman–Crippen MR) is 114 cm³/mol. The standard InChI is InChI=1S/C20H21N5O2S/c1-4-13-9-7-8-12(2)16(13)21-20(28)23-22-18(26)17-14-10-5-6-11-15(14)19(27)25(3)24-17/h5-11H,4H2,1-3H3,(H,22,26)(H2,21,23,28). The van der Waals surface area contributed by atoms with Gasteiger partial charge in [-0.15, -0.1) is 0 Å². The molecule has 0 unspecified atom stereocenters. The van der Waals surface area contributed by atoms with Gasteiger partial charge >= 0.3 is 0 Å². The summed E-state index contributed by atoms with van der Waals surface area (Å²) in [5, 5.41) is 8.38. The largest absolute Gasteiger partial charge is 0.331 e. The first kappa shape index (κ1) is 19.5. The number of nitrogens with one attached hydrogen (secondary N) is 3. The summed E-state index contributed by atoms with van der Waals surface area (Å²) in [4.78, 5) is 24.8. The van der Waals surface area contributed by atoms with E-state index in [4.69, 9.17) is 12.2 Å². The number of rotatable bonds is 3. The number of anilines is 1. The molecule has 0 saturated carbocycles. The molecule has 28 heavy (non-hydrogen) atoms. The maximum absolute atomic E-state index is 12.6. The summed E-state index contributed by atoms with van der Waals surface area (Å²) in [5.74, 6) is -0.489. The molecule has 144 valence electrons. The molecular weight excluding hydrogens is 374 g/mol. The van der Waals surface area contributed by atoms with Gasteiger partial charge < -0.3 is 5.32 Å². The number of para-hydroxylation sites is 1. The van der Waals surface area contributed by atoms with E-state index in [2.05, 4.69) is 28.2 Å². The molecule has 1 amide bonds. The van der Waals surface area contributed by atoms with Crippen LogP contribution in [0.1, 0.15) is 28.5 Å². The van der Waals surface area contributed by atoms with Crippen LogP contribution in [0.5, 0.6) is 0 Å². The van der Waals surface area contributed by atoms with E-state index in [1.807, 2.05) is 25.1 Å². The second-order valence-corrected chi connectivity index (χ2v) is 6.73. The Balaban J connectivity index is 1.77. The molecule has 2 aromatic carbocycles. The molecule has 0 aliphatic carbocycles. The molecule has 7 nitrogen and oxygen atoms in total. The monoisotopic (exact) mass is 395 g/mol. The van der Waals surface area contributed by atoms with Gasteiger partial charge in [0.15, 0.2) is 10.8 Å². The van der Waals surface area contributed by atoms with E-state index in [0.717, 1.165) is 27.9 Å². The van der Waals surface area contributed by atoms with Gasteiger partial charge in [-0.3, -0.25) is 20.4 Å². The summed E-state index contributed by atoms with van der Waals surface area (Å²) in [5.41, 5.74) is 8.22. The van der Waals surface area contributed by atoms with Crippen LogP contribution in [-0.4, -0.2) is 20.8 Å². The van der Waals surface area contributed by atoms with E-state index < -0.39 is 5.91 Å². The van der Waals surface area contributed by atoms with Crippen molar-refractivity contribution in [3.05, 3.63) is 69.6 Å². The van der Waals surface area contributed by atoms with E-state index in [-0.39, 0.29) is 16.4 Å². The summed E-state index contributed by atoms with van der Waals surface area (Å²) in [7, 11) is 1.51. The fourth-order valence-electron chi connectivity index (χ4n) is 2.99. The first-order valence-corrected chi connectivity index (χ1v) is 9.25. The third kappa shape index (κ3) is 3.86. The van der Waals surface area contributed by atoms with Crippen molar-refractivity contribution in [2.24, 2.45) is 7.05 Å². The molecule has 0 fully saturated rings. The Labute approximate surface area is 167 Å². The number of hydrazine groups is 1. The Morgan fingerprint density at radius 3 is 2.54 bits per heavy atom. The number of amides is 1. The number of hydrogen-bond donors (Lipinski definition) is 3. The third-order valence-electron chi connectivity index (χ3n) is 4.44. The molecule has 3 N–H and O–H groups in total. The van der Waals surface area contributed by atoms with Crippen LogP contribution in [-0.2, 0) is 13.5 Å². The average molecular weight is 395 g/mol. The fraction of sp³-hybridized carbons (Fsp3) is 0.200. The van der Waals surface area contributed by atoms with Crippen molar-refractivity contribution >= 4 is 39.7 Å². The highest BCUT2D eigenvalue weighted by molar-refractivity contribution is 7.80. The lowest BCUT2D eigenvalue weighted by molar-refractivity contribution is 0.0939. The van der Waals surface area contributed by atoms with Gasteiger partial charge in [-0.05, 0) is 42.8 Å². The molecule has 0 atom stereocenters. The Morgan fingerprint density at radius 1 is 1.11 bits per heavy atom. The van der Waals surface area contributed by atoms with Gasteiger partial charge in [-0.25, -0.2) is 4.68 Å². The molecule has 0 aliphatic heterocycles. The highest BCUT2D eigenvalue weighted by Crippen LogP contribution is 2.20. The van der Waals surface area contributed by atoms with Gasteiger partial charge in [0, 0.05) is 18.1 Å².